The Bertz CT molecular complexity index is 1420. The lowest BCUT2D eigenvalue weighted by Gasteiger charge is -2.37. The summed E-state index contributed by atoms with van der Waals surface area (Å²) in [6.07, 6.45) is 1.02. The molecule has 0 bridgehead atoms. The normalized spacial score (nSPS) is 15.8. The van der Waals surface area contributed by atoms with Crippen LogP contribution in [0.25, 0.3) is 17.0 Å². The summed E-state index contributed by atoms with van der Waals surface area (Å²) >= 11 is 5.87. The van der Waals surface area contributed by atoms with Crippen molar-refractivity contribution in [3.8, 4) is 11.4 Å². The number of hydrogen-bond acceptors (Lipinski definition) is 4. The van der Waals surface area contributed by atoms with Crippen LogP contribution < -0.4 is 5.32 Å². The van der Waals surface area contributed by atoms with Gasteiger partial charge in [-0.25, -0.2) is 0 Å². The average Bonchev–Trinajstić information content (AvgIpc) is 3.37. The summed E-state index contributed by atoms with van der Waals surface area (Å²) in [5.41, 5.74) is 8.83. The Morgan fingerprint density at radius 1 is 0.917 bits per heavy atom. The van der Waals surface area contributed by atoms with Crippen molar-refractivity contribution < 1.29 is 4.52 Å². The molecule has 1 unspecified atom stereocenters. The van der Waals surface area contributed by atoms with Gasteiger partial charge in [-0.1, -0.05) is 89.9 Å². The molecule has 0 saturated heterocycles. The zero-order valence-electron chi connectivity index (χ0n) is 21.1. The summed E-state index contributed by atoms with van der Waals surface area (Å²) in [4.78, 5) is 6.95. The molecule has 5 nitrogen and oxygen atoms in total. The van der Waals surface area contributed by atoms with E-state index < -0.39 is 0 Å². The van der Waals surface area contributed by atoms with Gasteiger partial charge in [0.2, 0.25) is 5.82 Å². The van der Waals surface area contributed by atoms with Crippen molar-refractivity contribution in [1.29, 1.82) is 0 Å². The second-order valence-corrected chi connectivity index (χ2v) is 9.73. The first-order valence-electron chi connectivity index (χ1n) is 12.3. The van der Waals surface area contributed by atoms with Crippen LogP contribution in [0, 0.1) is 13.8 Å². The van der Waals surface area contributed by atoms with E-state index in [9.17, 15) is 0 Å². The van der Waals surface area contributed by atoms with E-state index in [1.165, 1.54) is 16.7 Å². The zero-order valence-corrected chi connectivity index (χ0v) is 21.9. The molecule has 1 aliphatic rings. The molecule has 5 rings (SSSR count). The van der Waals surface area contributed by atoms with E-state index >= 15 is 0 Å². The molecule has 182 valence electrons. The van der Waals surface area contributed by atoms with Gasteiger partial charge in [0.1, 0.15) is 0 Å². The first-order chi connectivity index (χ1) is 17.4. The lowest BCUT2D eigenvalue weighted by molar-refractivity contribution is 0.396. The third kappa shape index (κ3) is 4.82. The van der Waals surface area contributed by atoms with E-state index in [1.807, 2.05) is 12.1 Å². The standard InChI is InChI=1S/C30H30N4OS/c1-5-22-11-13-23(14-12-22)18-34-21(4)26(27(31-30(34)36)24-15-9-19(2)10-16-24)29-32-28(33-35-29)25-8-6-7-20(3)17-25/h6-17,27H,5,18H2,1-4H3,(H,31,36). The van der Waals surface area contributed by atoms with Crippen molar-refractivity contribution in [2.45, 2.75) is 46.7 Å². The molecule has 0 fully saturated rings. The second kappa shape index (κ2) is 10.1. The average molecular weight is 495 g/mol. The van der Waals surface area contributed by atoms with Crippen molar-refractivity contribution in [2.75, 3.05) is 0 Å². The van der Waals surface area contributed by atoms with Crippen molar-refractivity contribution in [3.05, 3.63) is 112 Å². The third-order valence-corrected chi connectivity index (χ3v) is 7.05. The Hall–Kier alpha value is -3.77. The topological polar surface area (TPSA) is 54.2 Å². The van der Waals surface area contributed by atoms with Crippen LogP contribution in [-0.2, 0) is 13.0 Å². The van der Waals surface area contributed by atoms with E-state index in [1.54, 1.807) is 0 Å². The minimum atomic E-state index is -0.192. The highest BCUT2D eigenvalue weighted by Crippen LogP contribution is 2.38. The highest BCUT2D eigenvalue weighted by Gasteiger charge is 2.34. The van der Waals surface area contributed by atoms with Crippen molar-refractivity contribution in [1.82, 2.24) is 20.4 Å². The highest BCUT2D eigenvalue weighted by atomic mass is 32.1. The molecule has 0 spiro atoms. The Labute approximate surface area is 217 Å². The van der Waals surface area contributed by atoms with Gasteiger partial charge in [0.25, 0.3) is 5.89 Å². The maximum absolute atomic E-state index is 5.88. The van der Waals surface area contributed by atoms with Crippen molar-refractivity contribution in [3.63, 3.8) is 0 Å². The van der Waals surface area contributed by atoms with Gasteiger partial charge >= 0.3 is 0 Å². The summed E-state index contributed by atoms with van der Waals surface area (Å²) in [6.45, 7) is 9.05. The molecule has 2 heterocycles. The number of nitrogens with zero attached hydrogens (tertiary/aromatic N) is 3. The van der Waals surface area contributed by atoms with Gasteiger partial charge in [0.15, 0.2) is 5.11 Å². The van der Waals surface area contributed by atoms with Gasteiger partial charge in [-0.05, 0) is 62.2 Å². The molecule has 4 aromatic rings. The number of allylic oxidation sites excluding steroid dienone is 1. The fraction of sp³-hybridized carbons (Fsp3) is 0.233. The molecule has 1 aromatic heterocycles. The maximum atomic E-state index is 5.88. The Morgan fingerprint density at radius 3 is 2.33 bits per heavy atom. The molecule has 6 heteroatoms. The first-order valence-corrected chi connectivity index (χ1v) is 12.7. The zero-order chi connectivity index (χ0) is 25.2. The van der Waals surface area contributed by atoms with Crippen LogP contribution in [0.2, 0.25) is 0 Å². The molecular weight excluding hydrogens is 464 g/mol. The highest BCUT2D eigenvalue weighted by molar-refractivity contribution is 7.80. The second-order valence-electron chi connectivity index (χ2n) is 9.34. The van der Waals surface area contributed by atoms with Crippen LogP contribution >= 0.6 is 12.2 Å². The number of rotatable bonds is 6. The van der Waals surface area contributed by atoms with E-state index in [2.05, 4.69) is 104 Å². The van der Waals surface area contributed by atoms with E-state index in [0.29, 0.717) is 23.4 Å². The van der Waals surface area contributed by atoms with Crippen LogP contribution in [0.15, 0.2) is 83.0 Å². The molecule has 0 radical (unpaired) electrons. The molecule has 36 heavy (non-hydrogen) atoms. The number of benzene rings is 3. The fourth-order valence-corrected chi connectivity index (χ4v) is 4.87. The van der Waals surface area contributed by atoms with Gasteiger partial charge in [0, 0.05) is 17.8 Å². The van der Waals surface area contributed by atoms with Crippen LogP contribution in [0.4, 0.5) is 0 Å². The Balaban J connectivity index is 1.57. The van der Waals surface area contributed by atoms with Gasteiger partial charge in [-0.15, -0.1) is 0 Å². The van der Waals surface area contributed by atoms with Gasteiger partial charge in [0.05, 0.1) is 11.6 Å². The van der Waals surface area contributed by atoms with Gasteiger partial charge in [-0.3, -0.25) is 0 Å². The van der Waals surface area contributed by atoms with Crippen molar-refractivity contribution in [2.24, 2.45) is 0 Å². The number of aromatic nitrogens is 2. The quantitative estimate of drug-likeness (QED) is 0.298. The van der Waals surface area contributed by atoms with E-state index in [4.69, 9.17) is 21.7 Å². The summed E-state index contributed by atoms with van der Waals surface area (Å²) in [6, 6.07) is 25.1. The lowest BCUT2D eigenvalue weighted by atomic mass is 9.94. The van der Waals surface area contributed by atoms with Crippen LogP contribution in [0.3, 0.4) is 0 Å². The number of hydrogen-bond donors (Lipinski definition) is 1. The molecule has 1 atom stereocenters. The lowest BCUT2D eigenvalue weighted by Crippen LogP contribution is -2.45. The smallest absolute Gasteiger partial charge is 0.258 e. The summed E-state index contributed by atoms with van der Waals surface area (Å²) < 4.78 is 5.88. The van der Waals surface area contributed by atoms with Gasteiger partial charge < -0.3 is 14.7 Å². The first kappa shape index (κ1) is 23.9. The molecule has 0 saturated carbocycles. The molecular formula is C30H30N4OS. The van der Waals surface area contributed by atoms with Crippen LogP contribution in [0.1, 0.15) is 53.6 Å². The van der Waals surface area contributed by atoms with Crippen LogP contribution in [-0.4, -0.2) is 20.2 Å². The fourth-order valence-electron chi connectivity index (χ4n) is 4.55. The molecule has 3 aromatic carbocycles. The molecule has 0 aliphatic carbocycles. The summed E-state index contributed by atoms with van der Waals surface area (Å²) in [5.74, 6) is 1.07. The minimum Gasteiger partial charge on any atom is -0.351 e. The monoisotopic (exact) mass is 494 g/mol. The van der Waals surface area contributed by atoms with Gasteiger partial charge in [-0.2, -0.15) is 4.98 Å². The number of nitrogens with one attached hydrogen (secondary N) is 1. The summed E-state index contributed by atoms with van der Waals surface area (Å²) in [7, 11) is 0. The SMILES string of the molecule is CCc1ccc(CN2C(=S)NC(c3ccc(C)cc3)C(c3nc(-c4cccc(C)c4)no3)=C2C)cc1. The number of thiocarbonyl (C=S) groups is 1. The third-order valence-electron chi connectivity index (χ3n) is 6.71. The van der Waals surface area contributed by atoms with Crippen LogP contribution in [0.5, 0.6) is 0 Å². The number of aryl methyl sites for hydroxylation is 3. The largest absolute Gasteiger partial charge is 0.351 e. The van der Waals surface area contributed by atoms with Crippen molar-refractivity contribution >= 4 is 22.9 Å². The van der Waals surface area contributed by atoms with E-state index in [-0.39, 0.29) is 6.04 Å². The van der Waals surface area contributed by atoms with E-state index in [0.717, 1.165) is 34.4 Å². The predicted molar refractivity (Wildman–Crippen MR) is 148 cm³/mol. The minimum absolute atomic E-state index is 0.192. The maximum Gasteiger partial charge on any atom is 0.258 e. The Morgan fingerprint density at radius 2 is 1.64 bits per heavy atom. The molecule has 1 aliphatic heterocycles. The molecule has 0 amide bonds. The Kier molecular flexibility index (Phi) is 6.70. The summed E-state index contributed by atoms with van der Waals surface area (Å²) in [5, 5.41) is 8.56. The predicted octanol–water partition coefficient (Wildman–Crippen LogP) is 6.78. The molecule has 1 N–H and O–H groups in total.